The van der Waals surface area contributed by atoms with Crippen LogP contribution in [0.3, 0.4) is 0 Å². The summed E-state index contributed by atoms with van der Waals surface area (Å²) in [5.41, 5.74) is 4.39. The molecule has 3 N–H and O–H groups in total. The molecule has 0 amide bonds. The van der Waals surface area contributed by atoms with E-state index in [0.29, 0.717) is 0 Å². The Kier molecular flexibility index (Phi) is 5.53. The highest BCUT2D eigenvalue weighted by molar-refractivity contribution is 7.07. The van der Waals surface area contributed by atoms with Gasteiger partial charge in [-0.15, -0.1) is 0 Å². The molecule has 2 nitrogen and oxygen atoms in total. The first-order chi connectivity index (χ1) is 3.91. The highest BCUT2D eigenvalue weighted by Crippen LogP contribution is 1.91. The van der Waals surface area contributed by atoms with Crippen molar-refractivity contribution in [2.45, 2.75) is 0 Å². The SMILES string of the molecule is N=CN.c1ccsc1. The van der Waals surface area contributed by atoms with E-state index in [2.05, 4.69) is 5.73 Å². The molecule has 0 aromatic carbocycles. The smallest absolute Gasteiger partial charge is 0.0765 e. The molecule has 0 fully saturated rings. The molecule has 0 radical (unpaired) electrons. The summed E-state index contributed by atoms with van der Waals surface area (Å²) in [6.45, 7) is 0. The summed E-state index contributed by atoms with van der Waals surface area (Å²) in [5.74, 6) is 0. The first-order valence-corrected chi connectivity index (χ1v) is 3.04. The molecule has 0 saturated carbocycles. The second kappa shape index (κ2) is 6.17. The maximum absolute atomic E-state index is 5.86. The van der Waals surface area contributed by atoms with Crippen molar-refractivity contribution in [2.75, 3.05) is 0 Å². The number of hydrogen-bond donors (Lipinski definition) is 2. The Balaban J connectivity index is 0.000000145. The maximum Gasteiger partial charge on any atom is 0.0765 e. The summed E-state index contributed by atoms with van der Waals surface area (Å²) >= 11 is 1.71. The lowest BCUT2D eigenvalue weighted by atomic mass is 10.7. The Morgan fingerprint density at radius 1 is 1.38 bits per heavy atom. The van der Waals surface area contributed by atoms with E-state index >= 15 is 0 Å². The topological polar surface area (TPSA) is 49.9 Å². The van der Waals surface area contributed by atoms with Gasteiger partial charge in [0.15, 0.2) is 0 Å². The van der Waals surface area contributed by atoms with E-state index in [1.807, 2.05) is 22.9 Å². The highest BCUT2D eigenvalue weighted by atomic mass is 32.1. The fraction of sp³-hybridized carbons (Fsp3) is 0. The lowest BCUT2D eigenvalue weighted by Gasteiger charge is -1.39. The monoisotopic (exact) mass is 128 g/mol. The van der Waals surface area contributed by atoms with Gasteiger partial charge in [0.25, 0.3) is 0 Å². The quantitative estimate of drug-likeness (QED) is 0.401. The van der Waals surface area contributed by atoms with Gasteiger partial charge in [-0.25, -0.2) is 0 Å². The molecule has 0 unspecified atom stereocenters. The van der Waals surface area contributed by atoms with Crippen LogP contribution >= 0.6 is 11.3 Å². The zero-order chi connectivity index (χ0) is 6.24. The van der Waals surface area contributed by atoms with Crippen molar-refractivity contribution in [2.24, 2.45) is 5.73 Å². The van der Waals surface area contributed by atoms with E-state index in [1.54, 1.807) is 11.3 Å². The standard InChI is InChI=1S/C4H4S.CH4N2/c1-2-4-5-3-1;2-1-3/h1-4H;1H,(H3,2,3). The second-order valence-electron chi connectivity index (χ2n) is 0.960. The van der Waals surface area contributed by atoms with Gasteiger partial charge < -0.3 is 5.73 Å². The predicted molar refractivity (Wildman–Crippen MR) is 37.3 cm³/mol. The molecule has 8 heavy (non-hydrogen) atoms. The zero-order valence-electron chi connectivity index (χ0n) is 4.37. The summed E-state index contributed by atoms with van der Waals surface area (Å²) in [6, 6.07) is 4.04. The van der Waals surface area contributed by atoms with Crippen LogP contribution in [0.2, 0.25) is 0 Å². The summed E-state index contributed by atoms with van der Waals surface area (Å²) in [5, 5.41) is 9.94. The van der Waals surface area contributed by atoms with Crippen LogP contribution in [0.25, 0.3) is 0 Å². The Bertz CT molecular complexity index is 96.8. The number of hydrogen-bond acceptors (Lipinski definition) is 2. The normalized spacial score (nSPS) is 6.50. The fourth-order valence-electron chi connectivity index (χ4n) is 0.227. The van der Waals surface area contributed by atoms with E-state index in [0.717, 1.165) is 6.34 Å². The molecule has 0 aliphatic heterocycles. The van der Waals surface area contributed by atoms with Crippen molar-refractivity contribution in [1.29, 1.82) is 5.41 Å². The second-order valence-corrected chi connectivity index (χ2v) is 1.78. The minimum atomic E-state index is 0.750. The van der Waals surface area contributed by atoms with Crippen molar-refractivity contribution < 1.29 is 0 Å². The molecular weight excluding hydrogens is 120 g/mol. The lowest BCUT2D eigenvalue weighted by molar-refractivity contribution is 1.52. The molecule has 44 valence electrons. The Morgan fingerprint density at radius 3 is 1.88 bits per heavy atom. The van der Waals surface area contributed by atoms with Crippen molar-refractivity contribution >= 4 is 17.7 Å². The van der Waals surface area contributed by atoms with E-state index in [1.165, 1.54) is 0 Å². The minimum Gasteiger partial charge on any atom is -0.390 e. The average Bonchev–Trinajstić information content (AvgIpc) is 2.17. The van der Waals surface area contributed by atoms with Gasteiger partial charge >= 0.3 is 0 Å². The van der Waals surface area contributed by atoms with Crippen LogP contribution < -0.4 is 5.73 Å². The molecule has 1 aromatic heterocycles. The van der Waals surface area contributed by atoms with E-state index in [-0.39, 0.29) is 0 Å². The summed E-state index contributed by atoms with van der Waals surface area (Å²) in [4.78, 5) is 0. The van der Waals surface area contributed by atoms with Crippen LogP contribution in [0, 0.1) is 5.41 Å². The van der Waals surface area contributed by atoms with Gasteiger partial charge in [-0.2, -0.15) is 11.3 Å². The Morgan fingerprint density at radius 2 is 1.75 bits per heavy atom. The van der Waals surface area contributed by atoms with Gasteiger partial charge in [-0.05, 0) is 10.8 Å². The van der Waals surface area contributed by atoms with Crippen LogP contribution in [0.5, 0.6) is 0 Å². The van der Waals surface area contributed by atoms with Gasteiger partial charge in [0, 0.05) is 0 Å². The number of rotatable bonds is 0. The number of nitrogens with two attached hydrogens (primary N) is 1. The van der Waals surface area contributed by atoms with Gasteiger partial charge in [0.2, 0.25) is 0 Å². The van der Waals surface area contributed by atoms with E-state index in [9.17, 15) is 0 Å². The Labute approximate surface area is 52.5 Å². The van der Waals surface area contributed by atoms with Gasteiger partial charge in [0.05, 0.1) is 6.34 Å². The van der Waals surface area contributed by atoms with E-state index in [4.69, 9.17) is 5.41 Å². The molecule has 1 heterocycles. The molecular formula is C5H8N2S. The molecule has 1 aromatic rings. The van der Waals surface area contributed by atoms with Crippen LogP contribution in [0.15, 0.2) is 22.9 Å². The molecule has 1 rings (SSSR count). The van der Waals surface area contributed by atoms with Crippen LogP contribution in [-0.4, -0.2) is 6.34 Å². The van der Waals surface area contributed by atoms with Gasteiger partial charge in [-0.3, -0.25) is 5.41 Å². The zero-order valence-corrected chi connectivity index (χ0v) is 5.19. The fourth-order valence-corrected chi connectivity index (χ4v) is 0.680. The number of thiophene rings is 1. The molecule has 0 saturated heterocycles. The van der Waals surface area contributed by atoms with Crippen LogP contribution in [0.1, 0.15) is 0 Å². The third-order valence-electron chi connectivity index (χ3n) is 0.425. The summed E-state index contributed by atoms with van der Waals surface area (Å²) < 4.78 is 0. The summed E-state index contributed by atoms with van der Waals surface area (Å²) in [6.07, 6.45) is 0.750. The first kappa shape index (κ1) is 7.17. The Hall–Kier alpha value is -0.830. The minimum absolute atomic E-state index is 0.750. The molecule has 3 heteroatoms. The highest BCUT2D eigenvalue weighted by Gasteiger charge is 1.58. The van der Waals surface area contributed by atoms with Crippen LogP contribution in [-0.2, 0) is 0 Å². The third kappa shape index (κ3) is 5.17. The van der Waals surface area contributed by atoms with E-state index < -0.39 is 0 Å². The van der Waals surface area contributed by atoms with Crippen molar-refractivity contribution in [1.82, 2.24) is 0 Å². The van der Waals surface area contributed by atoms with Gasteiger partial charge in [0.1, 0.15) is 0 Å². The predicted octanol–water partition coefficient (Wildman–Crippen LogP) is 1.30. The average molecular weight is 128 g/mol. The van der Waals surface area contributed by atoms with Crippen molar-refractivity contribution in [3.63, 3.8) is 0 Å². The largest absolute Gasteiger partial charge is 0.390 e. The maximum atomic E-state index is 5.86. The first-order valence-electron chi connectivity index (χ1n) is 2.09. The van der Waals surface area contributed by atoms with Gasteiger partial charge in [-0.1, -0.05) is 12.1 Å². The lowest BCUT2D eigenvalue weighted by Crippen LogP contribution is -1.81. The number of nitrogens with one attached hydrogen (secondary N) is 1. The molecule has 0 aliphatic rings. The van der Waals surface area contributed by atoms with Crippen molar-refractivity contribution in [3.8, 4) is 0 Å². The third-order valence-corrected chi connectivity index (χ3v) is 1.05. The van der Waals surface area contributed by atoms with Crippen LogP contribution in [0.4, 0.5) is 0 Å². The molecule has 0 spiro atoms. The molecule has 0 bridgehead atoms. The molecule has 0 aliphatic carbocycles. The van der Waals surface area contributed by atoms with Crippen molar-refractivity contribution in [3.05, 3.63) is 22.9 Å². The molecule has 0 atom stereocenters. The summed E-state index contributed by atoms with van der Waals surface area (Å²) in [7, 11) is 0.